The predicted octanol–water partition coefficient (Wildman–Crippen LogP) is 1.64. The summed E-state index contributed by atoms with van der Waals surface area (Å²) in [5, 5.41) is 3.48. The van der Waals surface area contributed by atoms with Crippen molar-refractivity contribution >= 4 is 28.7 Å². The fourth-order valence-electron chi connectivity index (χ4n) is 2.46. The van der Waals surface area contributed by atoms with Gasteiger partial charge < -0.3 is 19.4 Å². The van der Waals surface area contributed by atoms with Crippen LogP contribution in [0.25, 0.3) is 10.9 Å². The summed E-state index contributed by atoms with van der Waals surface area (Å²) in [7, 11) is 0. The zero-order valence-electron chi connectivity index (χ0n) is 14.4. The van der Waals surface area contributed by atoms with Gasteiger partial charge in [0.05, 0.1) is 13.2 Å². The van der Waals surface area contributed by atoms with Gasteiger partial charge in [0, 0.05) is 24.7 Å². The van der Waals surface area contributed by atoms with Crippen LogP contribution in [0, 0.1) is 0 Å². The van der Waals surface area contributed by atoms with E-state index in [1.165, 1.54) is 0 Å². The van der Waals surface area contributed by atoms with Crippen molar-refractivity contribution in [1.82, 2.24) is 9.88 Å². The van der Waals surface area contributed by atoms with E-state index in [9.17, 15) is 14.4 Å². The van der Waals surface area contributed by atoms with Crippen molar-refractivity contribution in [3.8, 4) is 0 Å². The lowest BCUT2D eigenvalue weighted by Gasteiger charge is -2.16. The van der Waals surface area contributed by atoms with Crippen LogP contribution in [0.5, 0.6) is 0 Å². The number of aromatic nitrogens is 1. The second-order valence-corrected chi connectivity index (χ2v) is 5.32. The summed E-state index contributed by atoms with van der Waals surface area (Å²) in [5.41, 5.74) is 1.02. The first-order valence-corrected chi connectivity index (χ1v) is 8.23. The van der Waals surface area contributed by atoms with Crippen LogP contribution in [-0.2, 0) is 30.4 Å². The molecule has 1 N–H and O–H groups in total. The SMILES string of the molecule is CCOC(=O)C(NC(=O)CCn1ccc2ccccc21)C(=O)OCC. The highest BCUT2D eigenvalue weighted by Crippen LogP contribution is 2.15. The molecule has 7 heteroatoms. The third-order valence-electron chi connectivity index (χ3n) is 3.61. The van der Waals surface area contributed by atoms with E-state index < -0.39 is 23.9 Å². The van der Waals surface area contributed by atoms with Gasteiger partial charge in [0.15, 0.2) is 0 Å². The van der Waals surface area contributed by atoms with Gasteiger partial charge in [-0.15, -0.1) is 0 Å². The highest BCUT2D eigenvalue weighted by molar-refractivity contribution is 6.02. The largest absolute Gasteiger partial charge is 0.464 e. The number of ether oxygens (including phenoxy) is 2. The summed E-state index contributed by atoms with van der Waals surface area (Å²) < 4.78 is 11.6. The highest BCUT2D eigenvalue weighted by Gasteiger charge is 2.31. The Balaban J connectivity index is 1.98. The standard InChI is InChI=1S/C18H22N2O5/c1-3-24-17(22)16(18(23)25-4-2)19-15(21)10-12-20-11-9-13-7-5-6-8-14(13)20/h5-9,11,16H,3-4,10,12H2,1-2H3,(H,19,21). The summed E-state index contributed by atoms with van der Waals surface area (Å²) in [6, 6.07) is 8.36. The lowest BCUT2D eigenvalue weighted by molar-refractivity contribution is -0.159. The molecule has 2 rings (SSSR count). The van der Waals surface area contributed by atoms with Crippen LogP contribution in [0.3, 0.4) is 0 Å². The summed E-state index contributed by atoms with van der Waals surface area (Å²) in [6.45, 7) is 3.90. The zero-order chi connectivity index (χ0) is 18.2. The van der Waals surface area contributed by atoms with Crippen molar-refractivity contribution in [3.63, 3.8) is 0 Å². The maximum absolute atomic E-state index is 12.2. The molecule has 0 aliphatic rings. The third-order valence-corrected chi connectivity index (χ3v) is 3.61. The number of rotatable bonds is 8. The van der Waals surface area contributed by atoms with Crippen molar-refractivity contribution in [2.24, 2.45) is 0 Å². The molecule has 1 amide bonds. The van der Waals surface area contributed by atoms with Crippen LogP contribution in [0.2, 0.25) is 0 Å². The van der Waals surface area contributed by atoms with Crippen molar-refractivity contribution in [2.75, 3.05) is 13.2 Å². The van der Waals surface area contributed by atoms with E-state index >= 15 is 0 Å². The molecule has 0 spiro atoms. The van der Waals surface area contributed by atoms with Crippen molar-refractivity contribution in [2.45, 2.75) is 32.9 Å². The van der Waals surface area contributed by atoms with E-state index in [1.807, 2.05) is 41.1 Å². The molecule has 0 unspecified atom stereocenters. The van der Waals surface area contributed by atoms with E-state index in [1.54, 1.807) is 13.8 Å². The average molecular weight is 346 g/mol. The number of fused-ring (bicyclic) bond motifs is 1. The number of nitrogens with zero attached hydrogens (tertiary/aromatic N) is 1. The van der Waals surface area contributed by atoms with E-state index in [2.05, 4.69) is 5.32 Å². The van der Waals surface area contributed by atoms with Crippen LogP contribution in [0.15, 0.2) is 36.5 Å². The molecule has 0 atom stereocenters. The van der Waals surface area contributed by atoms with Gasteiger partial charge in [0.25, 0.3) is 0 Å². The average Bonchev–Trinajstić information content (AvgIpc) is 3.01. The fourth-order valence-corrected chi connectivity index (χ4v) is 2.46. The number of carbonyl (C=O) groups excluding carboxylic acids is 3. The van der Waals surface area contributed by atoms with Gasteiger partial charge in [-0.3, -0.25) is 4.79 Å². The monoisotopic (exact) mass is 346 g/mol. The van der Waals surface area contributed by atoms with Gasteiger partial charge in [-0.1, -0.05) is 18.2 Å². The van der Waals surface area contributed by atoms with Crippen LogP contribution < -0.4 is 5.32 Å². The third kappa shape index (κ3) is 4.82. The Morgan fingerprint density at radius 2 is 1.68 bits per heavy atom. The molecule has 0 radical (unpaired) electrons. The Labute approximate surface area is 145 Å². The Morgan fingerprint density at radius 1 is 1.04 bits per heavy atom. The molecule has 2 aromatic rings. The number of nitrogens with one attached hydrogen (secondary N) is 1. The quantitative estimate of drug-likeness (QED) is 0.580. The van der Waals surface area contributed by atoms with Crippen LogP contribution in [0.4, 0.5) is 0 Å². The zero-order valence-corrected chi connectivity index (χ0v) is 14.4. The molecule has 1 aromatic heterocycles. The Bertz CT molecular complexity index is 735. The Morgan fingerprint density at radius 3 is 2.32 bits per heavy atom. The van der Waals surface area contributed by atoms with Crippen molar-refractivity contribution < 1.29 is 23.9 Å². The second-order valence-electron chi connectivity index (χ2n) is 5.32. The predicted molar refractivity (Wildman–Crippen MR) is 91.8 cm³/mol. The minimum atomic E-state index is -1.44. The van der Waals surface area contributed by atoms with Crippen molar-refractivity contribution in [1.29, 1.82) is 0 Å². The van der Waals surface area contributed by atoms with Gasteiger partial charge in [-0.05, 0) is 31.4 Å². The molecule has 0 bridgehead atoms. The molecule has 0 saturated heterocycles. The lowest BCUT2D eigenvalue weighted by atomic mass is 10.2. The van der Waals surface area contributed by atoms with Gasteiger partial charge in [-0.25, -0.2) is 9.59 Å². The van der Waals surface area contributed by atoms with E-state index in [4.69, 9.17) is 9.47 Å². The number of amides is 1. The molecule has 0 aliphatic carbocycles. The summed E-state index contributed by atoms with van der Waals surface area (Å²) in [4.78, 5) is 35.9. The lowest BCUT2D eigenvalue weighted by Crippen LogP contribution is -2.48. The minimum absolute atomic E-state index is 0.111. The van der Waals surface area contributed by atoms with Crippen LogP contribution in [0.1, 0.15) is 20.3 Å². The number of hydrogen-bond donors (Lipinski definition) is 1. The number of hydrogen-bond acceptors (Lipinski definition) is 5. The molecule has 1 aromatic carbocycles. The molecule has 134 valence electrons. The number of para-hydroxylation sites is 1. The van der Waals surface area contributed by atoms with Crippen LogP contribution in [-0.4, -0.2) is 41.7 Å². The maximum Gasteiger partial charge on any atom is 0.340 e. The minimum Gasteiger partial charge on any atom is -0.464 e. The first-order chi connectivity index (χ1) is 12.1. The van der Waals surface area contributed by atoms with Crippen molar-refractivity contribution in [3.05, 3.63) is 36.5 Å². The highest BCUT2D eigenvalue weighted by atomic mass is 16.6. The fraction of sp³-hybridized carbons (Fsp3) is 0.389. The van der Waals surface area contributed by atoms with E-state index in [0.29, 0.717) is 6.54 Å². The van der Waals surface area contributed by atoms with E-state index in [-0.39, 0.29) is 19.6 Å². The van der Waals surface area contributed by atoms with Gasteiger partial charge in [0.2, 0.25) is 11.9 Å². The topological polar surface area (TPSA) is 86.6 Å². The molecule has 1 heterocycles. The molecule has 0 fully saturated rings. The number of aryl methyl sites for hydroxylation is 1. The van der Waals surface area contributed by atoms with Gasteiger partial charge in [-0.2, -0.15) is 0 Å². The molecule has 0 saturated carbocycles. The Hall–Kier alpha value is -2.83. The summed E-state index contributed by atoms with van der Waals surface area (Å²) in [6.07, 6.45) is 2.01. The maximum atomic E-state index is 12.2. The second kappa shape index (κ2) is 8.86. The number of benzene rings is 1. The molecule has 25 heavy (non-hydrogen) atoms. The Kier molecular flexibility index (Phi) is 6.56. The normalized spacial score (nSPS) is 10.7. The first kappa shape index (κ1) is 18.5. The number of esters is 2. The van der Waals surface area contributed by atoms with Gasteiger partial charge in [0.1, 0.15) is 0 Å². The molecule has 0 aliphatic heterocycles. The van der Waals surface area contributed by atoms with Gasteiger partial charge >= 0.3 is 11.9 Å². The summed E-state index contributed by atoms with van der Waals surface area (Å²) in [5.74, 6) is -2.06. The molecule has 7 nitrogen and oxygen atoms in total. The first-order valence-electron chi connectivity index (χ1n) is 8.23. The molecular formula is C18H22N2O5. The van der Waals surface area contributed by atoms with Crippen LogP contribution >= 0.6 is 0 Å². The number of carbonyl (C=O) groups is 3. The summed E-state index contributed by atoms with van der Waals surface area (Å²) >= 11 is 0. The van der Waals surface area contributed by atoms with E-state index in [0.717, 1.165) is 10.9 Å². The molecular weight excluding hydrogens is 324 g/mol. The smallest absolute Gasteiger partial charge is 0.340 e.